The fourth-order valence-electron chi connectivity index (χ4n) is 1.66. The lowest BCUT2D eigenvalue weighted by Gasteiger charge is -2.09. The Hall–Kier alpha value is -0.890. The molecule has 1 aromatic rings. The van der Waals surface area contributed by atoms with Crippen LogP contribution in [0, 0.1) is 5.82 Å². The third-order valence-electron chi connectivity index (χ3n) is 2.33. The lowest BCUT2D eigenvalue weighted by atomic mass is 10.1. The standard InChI is InChI=1S/C10H12FN/c11-9-5-3-8(4-6-9)10-2-1-7-12-10/h3-6,10,12H,1-2,7H2. The number of rotatable bonds is 1. The van der Waals surface area contributed by atoms with Gasteiger partial charge in [0.25, 0.3) is 0 Å². The summed E-state index contributed by atoms with van der Waals surface area (Å²) in [5.74, 6) is -0.156. The zero-order valence-electron chi connectivity index (χ0n) is 6.89. The average Bonchev–Trinajstić information content (AvgIpc) is 2.58. The second kappa shape index (κ2) is 3.23. The van der Waals surface area contributed by atoms with Crippen molar-refractivity contribution in [1.82, 2.24) is 5.32 Å². The molecule has 1 unspecified atom stereocenters. The Kier molecular flexibility index (Phi) is 2.09. The predicted octanol–water partition coefficient (Wildman–Crippen LogP) is 2.25. The number of hydrogen-bond donors (Lipinski definition) is 1. The van der Waals surface area contributed by atoms with Gasteiger partial charge in [0.1, 0.15) is 5.82 Å². The first-order valence-corrected chi connectivity index (χ1v) is 4.35. The first kappa shape index (κ1) is 7.74. The Bertz CT molecular complexity index is 249. The molecule has 1 heterocycles. The van der Waals surface area contributed by atoms with Crippen molar-refractivity contribution in [2.45, 2.75) is 18.9 Å². The summed E-state index contributed by atoms with van der Waals surface area (Å²) in [6, 6.07) is 7.21. The smallest absolute Gasteiger partial charge is 0.123 e. The van der Waals surface area contributed by atoms with Gasteiger partial charge in [0, 0.05) is 6.04 Å². The molecule has 1 saturated heterocycles. The molecule has 1 atom stereocenters. The van der Waals surface area contributed by atoms with E-state index in [4.69, 9.17) is 0 Å². The molecule has 12 heavy (non-hydrogen) atoms. The Balaban J connectivity index is 2.17. The molecule has 0 bridgehead atoms. The normalized spacial score (nSPS) is 22.9. The molecule has 1 N–H and O–H groups in total. The monoisotopic (exact) mass is 165 g/mol. The molecule has 1 aliphatic rings. The maximum Gasteiger partial charge on any atom is 0.123 e. The second-order valence-corrected chi connectivity index (χ2v) is 3.20. The van der Waals surface area contributed by atoms with Gasteiger partial charge in [0.05, 0.1) is 0 Å². The molecule has 64 valence electrons. The van der Waals surface area contributed by atoms with Crippen molar-refractivity contribution >= 4 is 0 Å². The van der Waals surface area contributed by atoms with E-state index in [-0.39, 0.29) is 5.82 Å². The van der Waals surface area contributed by atoms with Crippen LogP contribution in [0.1, 0.15) is 24.4 Å². The summed E-state index contributed by atoms with van der Waals surface area (Å²) < 4.78 is 12.6. The maximum absolute atomic E-state index is 12.6. The van der Waals surface area contributed by atoms with Crippen LogP contribution in [0.25, 0.3) is 0 Å². The molecule has 0 saturated carbocycles. The highest BCUT2D eigenvalue weighted by Crippen LogP contribution is 2.22. The maximum atomic E-state index is 12.6. The van der Waals surface area contributed by atoms with Crippen molar-refractivity contribution in [1.29, 1.82) is 0 Å². The van der Waals surface area contributed by atoms with Gasteiger partial charge in [-0.2, -0.15) is 0 Å². The zero-order valence-corrected chi connectivity index (χ0v) is 6.89. The third-order valence-corrected chi connectivity index (χ3v) is 2.33. The summed E-state index contributed by atoms with van der Waals surface area (Å²) in [6.45, 7) is 1.09. The van der Waals surface area contributed by atoms with E-state index in [2.05, 4.69) is 5.32 Å². The Morgan fingerprint density at radius 1 is 1.25 bits per heavy atom. The largest absolute Gasteiger partial charge is 0.310 e. The van der Waals surface area contributed by atoms with Crippen LogP contribution < -0.4 is 5.32 Å². The van der Waals surface area contributed by atoms with E-state index in [0.717, 1.165) is 6.54 Å². The molecule has 2 heteroatoms. The highest BCUT2D eigenvalue weighted by atomic mass is 19.1. The van der Waals surface area contributed by atoms with E-state index in [1.165, 1.54) is 30.5 Å². The highest BCUT2D eigenvalue weighted by Gasteiger charge is 2.15. The fraction of sp³-hybridized carbons (Fsp3) is 0.400. The van der Waals surface area contributed by atoms with Gasteiger partial charge in [0.2, 0.25) is 0 Å². The van der Waals surface area contributed by atoms with Crippen molar-refractivity contribution in [3.63, 3.8) is 0 Å². The molecule has 0 aromatic heterocycles. The summed E-state index contributed by atoms with van der Waals surface area (Å²) in [4.78, 5) is 0. The average molecular weight is 165 g/mol. The summed E-state index contributed by atoms with van der Waals surface area (Å²) >= 11 is 0. The molecule has 2 rings (SSSR count). The fourth-order valence-corrected chi connectivity index (χ4v) is 1.66. The van der Waals surface area contributed by atoms with Gasteiger partial charge < -0.3 is 5.32 Å². The van der Waals surface area contributed by atoms with Crippen LogP contribution in [-0.4, -0.2) is 6.54 Å². The topological polar surface area (TPSA) is 12.0 Å². The van der Waals surface area contributed by atoms with E-state index in [1.807, 2.05) is 12.1 Å². The minimum absolute atomic E-state index is 0.156. The van der Waals surface area contributed by atoms with Crippen molar-refractivity contribution in [2.24, 2.45) is 0 Å². The Morgan fingerprint density at radius 2 is 2.00 bits per heavy atom. The molecule has 1 fully saturated rings. The van der Waals surface area contributed by atoms with Gasteiger partial charge in [-0.15, -0.1) is 0 Å². The lowest BCUT2D eigenvalue weighted by Crippen LogP contribution is -2.12. The number of hydrogen-bond acceptors (Lipinski definition) is 1. The van der Waals surface area contributed by atoms with Gasteiger partial charge >= 0.3 is 0 Å². The number of nitrogens with one attached hydrogen (secondary N) is 1. The first-order valence-electron chi connectivity index (χ1n) is 4.35. The van der Waals surface area contributed by atoms with Crippen molar-refractivity contribution < 1.29 is 4.39 Å². The summed E-state index contributed by atoms with van der Waals surface area (Å²) in [6.07, 6.45) is 2.40. The SMILES string of the molecule is Fc1ccc(C2CCCN2)cc1. The zero-order chi connectivity index (χ0) is 8.39. The lowest BCUT2D eigenvalue weighted by molar-refractivity contribution is 0.617. The number of benzene rings is 1. The predicted molar refractivity (Wildman–Crippen MR) is 46.4 cm³/mol. The van der Waals surface area contributed by atoms with E-state index < -0.39 is 0 Å². The summed E-state index contributed by atoms with van der Waals surface area (Å²) in [5.41, 5.74) is 1.20. The van der Waals surface area contributed by atoms with Gasteiger partial charge in [-0.05, 0) is 37.1 Å². The van der Waals surface area contributed by atoms with Crippen LogP contribution in [0.15, 0.2) is 24.3 Å². The highest BCUT2D eigenvalue weighted by molar-refractivity contribution is 5.20. The molecule has 1 nitrogen and oxygen atoms in total. The van der Waals surface area contributed by atoms with Gasteiger partial charge in [0.15, 0.2) is 0 Å². The van der Waals surface area contributed by atoms with Crippen LogP contribution >= 0.6 is 0 Å². The molecule has 1 aliphatic heterocycles. The molecular weight excluding hydrogens is 153 g/mol. The van der Waals surface area contributed by atoms with Gasteiger partial charge in [-0.1, -0.05) is 12.1 Å². The van der Waals surface area contributed by atoms with Gasteiger partial charge in [-0.25, -0.2) is 4.39 Å². The summed E-state index contributed by atoms with van der Waals surface area (Å²) in [7, 11) is 0. The van der Waals surface area contributed by atoms with E-state index >= 15 is 0 Å². The van der Waals surface area contributed by atoms with Crippen LogP contribution in [0.3, 0.4) is 0 Å². The summed E-state index contributed by atoms with van der Waals surface area (Å²) in [5, 5.41) is 3.37. The van der Waals surface area contributed by atoms with E-state index in [0.29, 0.717) is 6.04 Å². The third kappa shape index (κ3) is 1.48. The molecule has 0 amide bonds. The molecule has 0 radical (unpaired) electrons. The van der Waals surface area contributed by atoms with Crippen LogP contribution in [0.5, 0.6) is 0 Å². The minimum Gasteiger partial charge on any atom is -0.310 e. The molecule has 0 aliphatic carbocycles. The molecular formula is C10H12FN. The number of halogens is 1. The van der Waals surface area contributed by atoms with Crippen molar-refractivity contribution in [3.8, 4) is 0 Å². The van der Waals surface area contributed by atoms with Crippen LogP contribution in [-0.2, 0) is 0 Å². The minimum atomic E-state index is -0.156. The van der Waals surface area contributed by atoms with Crippen LogP contribution in [0.2, 0.25) is 0 Å². The Morgan fingerprint density at radius 3 is 2.58 bits per heavy atom. The second-order valence-electron chi connectivity index (χ2n) is 3.20. The van der Waals surface area contributed by atoms with Crippen molar-refractivity contribution in [2.75, 3.05) is 6.54 Å². The Labute approximate surface area is 71.6 Å². The van der Waals surface area contributed by atoms with Crippen molar-refractivity contribution in [3.05, 3.63) is 35.6 Å². The van der Waals surface area contributed by atoms with E-state index in [9.17, 15) is 4.39 Å². The van der Waals surface area contributed by atoms with E-state index in [1.54, 1.807) is 0 Å². The van der Waals surface area contributed by atoms with Gasteiger partial charge in [-0.3, -0.25) is 0 Å². The first-order chi connectivity index (χ1) is 5.86. The van der Waals surface area contributed by atoms with Crippen LogP contribution in [0.4, 0.5) is 4.39 Å². The molecule has 1 aromatic carbocycles. The quantitative estimate of drug-likeness (QED) is 0.673. The molecule has 0 spiro atoms.